The Kier molecular flexibility index (Phi) is 4.85. The van der Waals surface area contributed by atoms with Crippen molar-refractivity contribution in [1.29, 1.82) is 0 Å². The fourth-order valence-electron chi connectivity index (χ4n) is 0.209. The maximum atomic E-state index is 8.12. The lowest BCUT2D eigenvalue weighted by Gasteiger charge is -1.85. The first kappa shape index (κ1) is 5.92. The van der Waals surface area contributed by atoms with Gasteiger partial charge in [0.25, 0.3) is 0 Å². The Morgan fingerprint density at radius 2 is 2.33 bits per heavy atom. The van der Waals surface area contributed by atoms with Gasteiger partial charge >= 0.3 is 0 Å². The molecule has 6 heavy (non-hydrogen) atoms. The van der Waals surface area contributed by atoms with Crippen LogP contribution < -0.4 is 5.73 Å². The van der Waals surface area contributed by atoms with Crippen molar-refractivity contribution in [2.75, 3.05) is 6.61 Å². The van der Waals surface area contributed by atoms with E-state index in [-0.39, 0.29) is 6.61 Å². The maximum Gasteiger partial charge on any atom is 0.0431 e. The van der Waals surface area contributed by atoms with Crippen molar-refractivity contribution in [2.24, 2.45) is 5.73 Å². The van der Waals surface area contributed by atoms with Gasteiger partial charge in [-0.05, 0) is 12.8 Å². The van der Waals surface area contributed by atoms with Gasteiger partial charge in [-0.2, -0.15) is 0 Å². The number of aliphatic hydroxyl groups is 1. The number of rotatable bonds is 3. The molecule has 37 valence electrons. The molecule has 2 heteroatoms. The van der Waals surface area contributed by atoms with Gasteiger partial charge in [0.1, 0.15) is 0 Å². The molecule has 0 saturated heterocycles. The Balaban J connectivity index is 2.34. The van der Waals surface area contributed by atoms with Crippen LogP contribution in [0.4, 0.5) is 0 Å². The SMILES string of the molecule is N[CH]CCCO. The first-order valence-electron chi connectivity index (χ1n) is 2.06. The van der Waals surface area contributed by atoms with Crippen LogP contribution >= 0.6 is 0 Å². The normalized spacial score (nSPS) is 9.00. The number of aliphatic hydroxyl groups excluding tert-OH is 1. The van der Waals surface area contributed by atoms with E-state index < -0.39 is 0 Å². The summed E-state index contributed by atoms with van der Waals surface area (Å²) < 4.78 is 0. The average molecular weight is 88.1 g/mol. The maximum absolute atomic E-state index is 8.12. The van der Waals surface area contributed by atoms with Gasteiger partial charge in [0.2, 0.25) is 0 Å². The van der Waals surface area contributed by atoms with E-state index >= 15 is 0 Å². The Morgan fingerprint density at radius 3 is 2.50 bits per heavy atom. The number of hydrogen-bond acceptors (Lipinski definition) is 2. The Morgan fingerprint density at radius 1 is 1.67 bits per heavy atom. The van der Waals surface area contributed by atoms with E-state index in [0.717, 1.165) is 12.8 Å². The Hall–Kier alpha value is -0.0800. The van der Waals surface area contributed by atoms with Crippen LogP contribution in [-0.2, 0) is 0 Å². The fourth-order valence-corrected chi connectivity index (χ4v) is 0.209. The van der Waals surface area contributed by atoms with Gasteiger partial charge in [0.15, 0.2) is 0 Å². The van der Waals surface area contributed by atoms with Gasteiger partial charge in [0.05, 0.1) is 0 Å². The predicted octanol–water partition coefficient (Wildman–Crippen LogP) is -0.121. The summed E-state index contributed by atoms with van der Waals surface area (Å²) in [6, 6.07) is 0. The third-order valence-electron chi connectivity index (χ3n) is 0.529. The minimum Gasteiger partial charge on any atom is -0.396 e. The summed E-state index contributed by atoms with van der Waals surface area (Å²) in [6.07, 6.45) is 1.60. The zero-order valence-electron chi connectivity index (χ0n) is 3.72. The second-order valence-electron chi connectivity index (χ2n) is 1.10. The Bertz CT molecular complexity index is 19.5. The first-order valence-corrected chi connectivity index (χ1v) is 2.06. The van der Waals surface area contributed by atoms with Crippen LogP contribution in [0.15, 0.2) is 0 Å². The summed E-state index contributed by atoms with van der Waals surface area (Å²) in [4.78, 5) is 0. The lowest BCUT2D eigenvalue weighted by molar-refractivity contribution is 0.288. The number of unbranched alkanes of at least 4 members (excludes halogenated alkanes) is 1. The molecular formula is C4H10NO. The van der Waals surface area contributed by atoms with Crippen molar-refractivity contribution in [3.8, 4) is 0 Å². The minimum absolute atomic E-state index is 0.244. The topological polar surface area (TPSA) is 46.2 Å². The van der Waals surface area contributed by atoms with Gasteiger partial charge in [-0.1, -0.05) is 0 Å². The lowest BCUT2D eigenvalue weighted by atomic mass is 10.3. The summed E-state index contributed by atoms with van der Waals surface area (Å²) in [5, 5.41) is 8.12. The van der Waals surface area contributed by atoms with E-state index in [1.807, 2.05) is 0 Å². The molecule has 0 aromatic rings. The van der Waals surface area contributed by atoms with Gasteiger partial charge in [-0.15, -0.1) is 0 Å². The molecule has 0 heterocycles. The predicted molar refractivity (Wildman–Crippen MR) is 24.8 cm³/mol. The molecule has 0 spiro atoms. The molecule has 0 amide bonds. The fraction of sp³-hybridized carbons (Fsp3) is 0.750. The van der Waals surface area contributed by atoms with Gasteiger partial charge in [0, 0.05) is 13.2 Å². The van der Waals surface area contributed by atoms with Crippen molar-refractivity contribution < 1.29 is 5.11 Å². The van der Waals surface area contributed by atoms with Gasteiger partial charge in [-0.3, -0.25) is 0 Å². The molecule has 3 N–H and O–H groups in total. The lowest BCUT2D eigenvalue weighted by Crippen LogP contribution is -1.91. The first-order chi connectivity index (χ1) is 2.91. The highest BCUT2D eigenvalue weighted by Crippen LogP contribution is 1.83. The highest BCUT2D eigenvalue weighted by Gasteiger charge is 1.76. The van der Waals surface area contributed by atoms with Crippen molar-refractivity contribution in [2.45, 2.75) is 12.8 Å². The average Bonchev–Trinajstić information content (AvgIpc) is 1.61. The summed E-state index contributed by atoms with van der Waals surface area (Å²) in [5.41, 5.74) is 4.98. The van der Waals surface area contributed by atoms with Gasteiger partial charge < -0.3 is 10.8 Å². The Labute approximate surface area is 38.0 Å². The van der Waals surface area contributed by atoms with E-state index in [2.05, 4.69) is 0 Å². The van der Waals surface area contributed by atoms with Crippen LogP contribution in [0.5, 0.6) is 0 Å². The smallest absolute Gasteiger partial charge is 0.0431 e. The van der Waals surface area contributed by atoms with Crippen LogP contribution in [0.25, 0.3) is 0 Å². The minimum atomic E-state index is 0.244. The summed E-state index contributed by atoms with van der Waals surface area (Å²) in [7, 11) is 0. The van der Waals surface area contributed by atoms with Crippen molar-refractivity contribution in [1.82, 2.24) is 0 Å². The third-order valence-corrected chi connectivity index (χ3v) is 0.529. The largest absolute Gasteiger partial charge is 0.396 e. The van der Waals surface area contributed by atoms with E-state index in [1.54, 1.807) is 6.54 Å². The molecule has 0 fully saturated rings. The highest BCUT2D eigenvalue weighted by molar-refractivity contribution is 4.50. The molecule has 0 saturated carbocycles. The number of nitrogens with two attached hydrogens (primary N) is 1. The molecule has 0 aliphatic carbocycles. The molecule has 1 radical (unpaired) electrons. The summed E-state index contributed by atoms with van der Waals surface area (Å²) in [6.45, 7) is 1.80. The standard InChI is InChI=1S/C4H10NO/c5-3-1-2-4-6/h3,6H,1-2,4-5H2. The molecule has 0 aliphatic heterocycles. The molecule has 2 nitrogen and oxygen atoms in total. The monoisotopic (exact) mass is 88.1 g/mol. The van der Waals surface area contributed by atoms with Crippen LogP contribution in [0.3, 0.4) is 0 Å². The zero-order valence-corrected chi connectivity index (χ0v) is 3.72. The summed E-state index contributed by atoms with van der Waals surface area (Å²) in [5.74, 6) is 0. The molecule has 0 atom stereocenters. The van der Waals surface area contributed by atoms with E-state index in [0.29, 0.717) is 0 Å². The quantitative estimate of drug-likeness (QED) is 0.472. The van der Waals surface area contributed by atoms with Crippen LogP contribution in [0, 0.1) is 6.54 Å². The van der Waals surface area contributed by atoms with E-state index in [9.17, 15) is 0 Å². The van der Waals surface area contributed by atoms with Crippen LogP contribution in [0.1, 0.15) is 12.8 Å². The molecule has 0 unspecified atom stereocenters. The van der Waals surface area contributed by atoms with Crippen molar-refractivity contribution in [3.05, 3.63) is 6.54 Å². The molecule has 0 aromatic carbocycles. The molecule has 0 aromatic heterocycles. The molecule has 0 rings (SSSR count). The van der Waals surface area contributed by atoms with Gasteiger partial charge in [-0.25, -0.2) is 0 Å². The van der Waals surface area contributed by atoms with Crippen molar-refractivity contribution >= 4 is 0 Å². The third kappa shape index (κ3) is 3.92. The molecular weight excluding hydrogens is 78.0 g/mol. The van der Waals surface area contributed by atoms with E-state index in [1.165, 1.54) is 0 Å². The molecule has 0 bridgehead atoms. The van der Waals surface area contributed by atoms with Crippen LogP contribution in [0.2, 0.25) is 0 Å². The second kappa shape index (κ2) is 4.92. The number of hydrogen-bond donors (Lipinski definition) is 2. The van der Waals surface area contributed by atoms with Crippen molar-refractivity contribution in [3.63, 3.8) is 0 Å². The van der Waals surface area contributed by atoms with Crippen LogP contribution in [-0.4, -0.2) is 11.7 Å². The highest BCUT2D eigenvalue weighted by atomic mass is 16.2. The molecule has 0 aliphatic rings. The zero-order chi connectivity index (χ0) is 4.83. The summed E-state index contributed by atoms with van der Waals surface area (Å²) >= 11 is 0. The second-order valence-corrected chi connectivity index (χ2v) is 1.10. The van der Waals surface area contributed by atoms with E-state index in [4.69, 9.17) is 10.8 Å².